The molecule has 1 amide bonds. The van der Waals surface area contributed by atoms with Gasteiger partial charge in [-0.15, -0.1) is 24.2 Å². The van der Waals surface area contributed by atoms with E-state index in [1.54, 1.807) is 11.8 Å². The topological polar surface area (TPSA) is 32.3 Å². The number of likely N-dealkylation sites (tertiary alicyclic amines) is 1. The summed E-state index contributed by atoms with van der Waals surface area (Å²) in [4.78, 5) is 14.5. The molecule has 2 heterocycles. The number of nitrogens with zero attached hydrogens (tertiary/aromatic N) is 1. The van der Waals surface area contributed by atoms with Crippen LogP contribution in [0.4, 0.5) is 0 Å². The Kier molecular flexibility index (Phi) is 6.81. The molecule has 0 unspecified atom stereocenters. The van der Waals surface area contributed by atoms with Gasteiger partial charge in [0.2, 0.25) is 5.91 Å². The maximum absolute atomic E-state index is 12.4. The number of nitrogens with one attached hydrogen (secondary N) is 1. The number of aryl methyl sites for hydroxylation is 2. The Balaban J connectivity index is 0.00000192. The first kappa shape index (κ1) is 18.6. The van der Waals surface area contributed by atoms with Gasteiger partial charge in [-0.25, -0.2) is 0 Å². The van der Waals surface area contributed by atoms with Crippen molar-refractivity contribution in [1.82, 2.24) is 10.2 Å². The second kappa shape index (κ2) is 8.41. The SMILES string of the molecule is Cc1cc(C)cc(CSCC(=O)N2CC[C@H]3CC[C@@H](C2)N3)c1.Cl. The van der Waals surface area contributed by atoms with Crippen LogP contribution in [0.25, 0.3) is 0 Å². The fourth-order valence-corrected chi connectivity index (χ4v) is 4.53. The Labute approximate surface area is 150 Å². The maximum Gasteiger partial charge on any atom is 0.232 e. The maximum atomic E-state index is 12.4. The van der Waals surface area contributed by atoms with Gasteiger partial charge in [0.25, 0.3) is 0 Å². The van der Waals surface area contributed by atoms with E-state index in [-0.39, 0.29) is 12.4 Å². The number of carbonyl (C=O) groups is 1. The van der Waals surface area contributed by atoms with Gasteiger partial charge >= 0.3 is 0 Å². The molecule has 23 heavy (non-hydrogen) atoms. The number of halogens is 1. The highest BCUT2D eigenvalue weighted by Crippen LogP contribution is 2.22. The van der Waals surface area contributed by atoms with E-state index in [1.807, 2.05) is 0 Å². The normalized spacial score (nSPS) is 23.3. The van der Waals surface area contributed by atoms with Gasteiger partial charge in [-0.05, 0) is 38.7 Å². The standard InChI is InChI=1S/C18H26N2OS.ClH/c1-13-7-14(2)9-15(8-13)11-22-12-18(21)20-6-5-16-3-4-17(10-20)19-16;/h7-9,16-17,19H,3-6,10-12H2,1-2H3;1H/t16-,17+;/m1./s1. The smallest absolute Gasteiger partial charge is 0.232 e. The van der Waals surface area contributed by atoms with E-state index < -0.39 is 0 Å². The molecule has 2 bridgehead atoms. The minimum absolute atomic E-state index is 0. The summed E-state index contributed by atoms with van der Waals surface area (Å²) >= 11 is 1.74. The molecule has 2 aliphatic heterocycles. The second-order valence-corrected chi connectivity index (χ2v) is 7.74. The van der Waals surface area contributed by atoms with Crippen molar-refractivity contribution in [1.29, 1.82) is 0 Å². The molecule has 0 saturated carbocycles. The zero-order valence-electron chi connectivity index (χ0n) is 14.0. The van der Waals surface area contributed by atoms with Crippen LogP contribution in [0.5, 0.6) is 0 Å². The molecule has 2 fully saturated rings. The molecule has 0 spiro atoms. The number of hydrogen-bond acceptors (Lipinski definition) is 3. The molecule has 2 saturated heterocycles. The van der Waals surface area contributed by atoms with Crippen LogP contribution < -0.4 is 5.32 Å². The average molecular weight is 355 g/mol. The Bertz CT molecular complexity index is 532. The van der Waals surface area contributed by atoms with Crippen LogP contribution in [0, 0.1) is 13.8 Å². The van der Waals surface area contributed by atoms with Crippen molar-refractivity contribution in [3.05, 3.63) is 34.9 Å². The van der Waals surface area contributed by atoms with Crippen molar-refractivity contribution < 1.29 is 4.79 Å². The lowest BCUT2D eigenvalue weighted by atomic mass is 10.1. The fraction of sp³-hybridized carbons (Fsp3) is 0.611. The van der Waals surface area contributed by atoms with E-state index in [0.29, 0.717) is 23.7 Å². The summed E-state index contributed by atoms with van der Waals surface area (Å²) in [7, 11) is 0. The van der Waals surface area contributed by atoms with E-state index >= 15 is 0 Å². The first-order valence-corrected chi connectivity index (χ1v) is 9.44. The molecule has 1 aromatic rings. The van der Waals surface area contributed by atoms with E-state index in [4.69, 9.17) is 0 Å². The van der Waals surface area contributed by atoms with Gasteiger partial charge in [-0.3, -0.25) is 4.79 Å². The van der Waals surface area contributed by atoms with Crippen LogP contribution in [0.3, 0.4) is 0 Å². The summed E-state index contributed by atoms with van der Waals surface area (Å²) in [5.74, 6) is 1.83. The molecule has 1 aromatic carbocycles. The molecule has 0 radical (unpaired) electrons. The number of carbonyl (C=O) groups excluding carboxylic acids is 1. The minimum Gasteiger partial charge on any atom is -0.340 e. The Hall–Kier alpha value is -0.710. The zero-order chi connectivity index (χ0) is 15.5. The van der Waals surface area contributed by atoms with Crippen LogP contribution in [0.15, 0.2) is 18.2 Å². The molecule has 2 aliphatic rings. The van der Waals surface area contributed by atoms with Gasteiger partial charge in [0.1, 0.15) is 0 Å². The van der Waals surface area contributed by atoms with Crippen LogP contribution in [0.1, 0.15) is 36.0 Å². The molecule has 0 aliphatic carbocycles. The van der Waals surface area contributed by atoms with E-state index in [9.17, 15) is 4.79 Å². The van der Waals surface area contributed by atoms with Crippen molar-refractivity contribution >= 4 is 30.1 Å². The van der Waals surface area contributed by atoms with Crippen LogP contribution in [0.2, 0.25) is 0 Å². The van der Waals surface area contributed by atoms with Crippen molar-refractivity contribution in [3.63, 3.8) is 0 Å². The molecule has 5 heteroatoms. The number of benzene rings is 1. The predicted molar refractivity (Wildman–Crippen MR) is 100 cm³/mol. The summed E-state index contributed by atoms with van der Waals surface area (Å²) in [6, 6.07) is 7.81. The average Bonchev–Trinajstić information content (AvgIpc) is 2.77. The van der Waals surface area contributed by atoms with Crippen molar-refractivity contribution in [3.8, 4) is 0 Å². The van der Waals surface area contributed by atoms with Crippen LogP contribution >= 0.6 is 24.2 Å². The largest absolute Gasteiger partial charge is 0.340 e. The van der Waals surface area contributed by atoms with Gasteiger partial charge in [0.15, 0.2) is 0 Å². The molecule has 0 aromatic heterocycles. The number of thioether (sulfide) groups is 1. The molecule has 128 valence electrons. The third-order valence-corrected chi connectivity index (χ3v) is 5.64. The van der Waals surface area contributed by atoms with Gasteiger partial charge in [-0.2, -0.15) is 0 Å². The Morgan fingerprint density at radius 1 is 1.17 bits per heavy atom. The molecule has 3 rings (SSSR count). The fourth-order valence-electron chi connectivity index (χ4n) is 3.67. The van der Waals surface area contributed by atoms with Gasteiger partial charge in [0.05, 0.1) is 5.75 Å². The predicted octanol–water partition coefficient (Wildman–Crippen LogP) is 3.31. The minimum atomic E-state index is 0. The number of hydrogen-bond donors (Lipinski definition) is 1. The van der Waals surface area contributed by atoms with Gasteiger partial charge < -0.3 is 10.2 Å². The van der Waals surface area contributed by atoms with E-state index in [0.717, 1.165) is 25.3 Å². The summed E-state index contributed by atoms with van der Waals surface area (Å²) in [6.07, 6.45) is 3.63. The second-order valence-electron chi connectivity index (χ2n) is 6.76. The molecule has 2 atom stereocenters. The molecular formula is C18H27ClN2OS. The van der Waals surface area contributed by atoms with Crippen LogP contribution in [-0.2, 0) is 10.5 Å². The van der Waals surface area contributed by atoms with E-state index in [1.165, 1.54) is 29.5 Å². The highest BCUT2D eigenvalue weighted by atomic mass is 35.5. The summed E-state index contributed by atoms with van der Waals surface area (Å²) in [5, 5.41) is 3.63. The monoisotopic (exact) mass is 354 g/mol. The van der Waals surface area contributed by atoms with E-state index in [2.05, 4.69) is 42.3 Å². The van der Waals surface area contributed by atoms with Crippen molar-refractivity contribution in [2.24, 2.45) is 0 Å². The lowest BCUT2D eigenvalue weighted by Gasteiger charge is -2.24. The lowest BCUT2D eigenvalue weighted by molar-refractivity contribution is -0.128. The van der Waals surface area contributed by atoms with Crippen molar-refractivity contribution in [2.75, 3.05) is 18.8 Å². The molecular weight excluding hydrogens is 328 g/mol. The highest BCUT2D eigenvalue weighted by Gasteiger charge is 2.30. The molecule has 3 nitrogen and oxygen atoms in total. The van der Waals surface area contributed by atoms with Gasteiger partial charge in [0, 0.05) is 30.9 Å². The van der Waals surface area contributed by atoms with Gasteiger partial charge in [-0.1, -0.05) is 29.3 Å². The number of fused-ring (bicyclic) bond motifs is 2. The summed E-state index contributed by atoms with van der Waals surface area (Å²) in [6.45, 7) is 6.09. The molecule has 1 N–H and O–H groups in total. The first-order valence-electron chi connectivity index (χ1n) is 8.29. The summed E-state index contributed by atoms with van der Waals surface area (Å²) in [5.41, 5.74) is 3.93. The highest BCUT2D eigenvalue weighted by molar-refractivity contribution is 7.99. The lowest BCUT2D eigenvalue weighted by Crippen LogP contribution is -2.39. The first-order chi connectivity index (χ1) is 10.6. The summed E-state index contributed by atoms with van der Waals surface area (Å²) < 4.78 is 0. The quantitative estimate of drug-likeness (QED) is 0.900. The third-order valence-electron chi connectivity index (χ3n) is 4.65. The Morgan fingerprint density at radius 3 is 2.61 bits per heavy atom. The number of rotatable bonds is 4. The Morgan fingerprint density at radius 2 is 1.87 bits per heavy atom. The zero-order valence-corrected chi connectivity index (χ0v) is 15.6. The number of amides is 1. The van der Waals surface area contributed by atoms with Crippen molar-refractivity contribution in [2.45, 2.75) is 50.9 Å². The van der Waals surface area contributed by atoms with Crippen LogP contribution in [-0.4, -0.2) is 41.7 Å². The third kappa shape index (κ3) is 5.13.